The second-order valence-electron chi connectivity index (χ2n) is 5.50. The summed E-state index contributed by atoms with van der Waals surface area (Å²) < 4.78 is 13.5. The Morgan fingerprint density at radius 3 is 2.79 bits per heavy atom. The van der Waals surface area contributed by atoms with Gasteiger partial charge >= 0.3 is 0 Å². The van der Waals surface area contributed by atoms with Crippen LogP contribution >= 0.6 is 0 Å². The molecule has 1 aromatic carbocycles. The number of nitrogens with two attached hydrogens (primary N) is 1. The summed E-state index contributed by atoms with van der Waals surface area (Å²) in [7, 11) is 2.03. The first kappa shape index (κ1) is 13.8. The van der Waals surface area contributed by atoms with Crippen molar-refractivity contribution in [1.29, 1.82) is 0 Å². The van der Waals surface area contributed by atoms with Crippen LogP contribution in [0.5, 0.6) is 0 Å². The fraction of sp³-hybridized carbons (Fsp3) is 0.500. The van der Waals surface area contributed by atoms with E-state index >= 15 is 0 Å². The Morgan fingerprint density at radius 2 is 2.21 bits per heavy atom. The Labute approximate surface area is 112 Å². The van der Waals surface area contributed by atoms with Gasteiger partial charge in [0.15, 0.2) is 5.84 Å². The molecule has 2 rings (SSSR count). The number of oxime groups is 1. The third-order valence-electron chi connectivity index (χ3n) is 3.64. The maximum atomic E-state index is 13.5. The van der Waals surface area contributed by atoms with Gasteiger partial charge in [0, 0.05) is 18.7 Å². The molecule has 2 atom stereocenters. The molecule has 3 N–H and O–H groups in total. The zero-order valence-corrected chi connectivity index (χ0v) is 11.3. The fourth-order valence-electron chi connectivity index (χ4n) is 2.38. The van der Waals surface area contributed by atoms with Crippen LogP contribution in [0.15, 0.2) is 23.4 Å². The Balaban J connectivity index is 2.05. The van der Waals surface area contributed by atoms with Gasteiger partial charge < -0.3 is 15.8 Å². The van der Waals surface area contributed by atoms with Crippen LogP contribution in [0.4, 0.5) is 4.39 Å². The highest BCUT2D eigenvalue weighted by molar-refractivity contribution is 5.97. The third-order valence-corrected chi connectivity index (χ3v) is 3.64. The van der Waals surface area contributed by atoms with Crippen molar-refractivity contribution in [2.75, 3.05) is 13.6 Å². The predicted molar refractivity (Wildman–Crippen MR) is 72.5 cm³/mol. The summed E-state index contributed by atoms with van der Waals surface area (Å²) in [6, 6.07) is 4.51. The lowest BCUT2D eigenvalue weighted by molar-refractivity contribution is 0.307. The maximum Gasteiger partial charge on any atom is 0.170 e. The van der Waals surface area contributed by atoms with E-state index in [0.717, 1.165) is 23.9 Å². The molecule has 0 saturated heterocycles. The van der Waals surface area contributed by atoms with Gasteiger partial charge in [-0.3, -0.25) is 0 Å². The largest absolute Gasteiger partial charge is 0.409 e. The summed E-state index contributed by atoms with van der Waals surface area (Å²) in [6.45, 7) is 3.93. The van der Waals surface area contributed by atoms with Crippen LogP contribution in [0.25, 0.3) is 0 Å². The molecule has 0 amide bonds. The Hall–Kier alpha value is -1.62. The summed E-state index contributed by atoms with van der Waals surface area (Å²) in [5, 5.41) is 11.5. The molecule has 0 spiro atoms. The van der Waals surface area contributed by atoms with Gasteiger partial charge in [-0.05, 0) is 49.1 Å². The van der Waals surface area contributed by atoms with Gasteiger partial charge in [0.25, 0.3) is 0 Å². The van der Waals surface area contributed by atoms with E-state index < -0.39 is 0 Å². The summed E-state index contributed by atoms with van der Waals surface area (Å²) in [4.78, 5) is 2.18. The lowest BCUT2D eigenvalue weighted by atomic mass is 10.1. The first-order valence-corrected chi connectivity index (χ1v) is 6.45. The van der Waals surface area contributed by atoms with Gasteiger partial charge in [0.05, 0.1) is 0 Å². The molecule has 0 aliphatic heterocycles. The Kier molecular flexibility index (Phi) is 4.04. The smallest absolute Gasteiger partial charge is 0.170 e. The van der Waals surface area contributed by atoms with Crippen molar-refractivity contribution < 1.29 is 9.60 Å². The first-order valence-electron chi connectivity index (χ1n) is 6.45. The molecule has 1 aliphatic rings. The van der Waals surface area contributed by atoms with Gasteiger partial charge in [0.1, 0.15) is 5.82 Å². The third kappa shape index (κ3) is 3.67. The quantitative estimate of drug-likeness (QED) is 0.370. The molecule has 19 heavy (non-hydrogen) atoms. The van der Waals surface area contributed by atoms with Crippen molar-refractivity contribution >= 4 is 5.84 Å². The number of benzene rings is 1. The molecule has 2 unspecified atom stereocenters. The Bertz CT molecular complexity index is 490. The van der Waals surface area contributed by atoms with Crippen molar-refractivity contribution in [1.82, 2.24) is 4.90 Å². The number of hydrogen-bond donors (Lipinski definition) is 2. The van der Waals surface area contributed by atoms with Crippen LogP contribution < -0.4 is 5.73 Å². The highest BCUT2D eigenvalue weighted by Gasteiger charge is 2.32. The van der Waals surface area contributed by atoms with Crippen molar-refractivity contribution in [3.05, 3.63) is 35.1 Å². The second-order valence-corrected chi connectivity index (χ2v) is 5.50. The molecular weight excluding hydrogens is 245 g/mol. The Morgan fingerprint density at radius 1 is 1.53 bits per heavy atom. The van der Waals surface area contributed by atoms with Crippen LogP contribution in [-0.2, 0) is 6.54 Å². The molecule has 0 heterocycles. The average Bonchev–Trinajstić information content (AvgIpc) is 3.02. The van der Waals surface area contributed by atoms with Gasteiger partial charge in [-0.25, -0.2) is 4.39 Å². The van der Waals surface area contributed by atoms with Gasteiger partial charge in [-0.15, -0.1) is 0 Å². The average molecular weight is 265 g/mol. The number of rotatable bonds is 5. The zero-order valence-electron chi connectivity index (χ0n) is 11.3. The van der Waals surface area contributed by atoms with Crippen LogP contribution in [0, 0.1) is 17.7 Å². The summed E-state index contributed by atoms with van der Waals surface area (Å²) in [5.41, 5.74) is 6.73. The van der Waals surface area contributed by atoms with Crippen LogP contribution in [0.3, 0.4) is 0 Å². The minimum atomic E-state index is -0.368. The molecule has 0 bridgehead atoms. The number of hydrogen-bond acceptors (Lipinski definition) is 3. The fourth-order valence-corrected chi connectivity index (χ4v) is 2.38. The van der Waals surface area contributed by atoms with Crippen molar-refractivity contribution in [3.63, 3.8) is 0 Å². The molecule has 1 aromatic rings. The van der Waals surface area contributed by atoms with Crippen LogP contribution in [-0.4, -0.2) is 29.5 Å². The second kappa shape index (κ2) is 5.57. The molecule has 5 heteroatoms. The maximum absolute atomic E-state index is 13.5. The zero-order chi connectivity index (χ0) is 14.0. The van der Waals surface area contributed by atoms with Crippen LogP contribution in [0.1, 0.15) is 24.5 Å². The van der Waals surface area contributed by atoms with Crippen molar-refractivity contribution in [2.24, 2.45) is 22.7 Å². The van der Waals surface area contributed by atoms with E-state index in [2.05, 4.69) is 17.0 Å². The highest BCUT2D eigenvalue weighted by atomic mass is 19.1. The van der Waals surface area contributed by atoms with Gasteiger partial charge in [-0.1, -0.05) is 12.1 Å². The summed E-state index contributed by atoms with van der Waals surface area (Å²) in [5.74, 6) is 1.14. The molecule has 104 valence electrons. The van der Waals surface area contributed by atoms with Gasteiger partial charge in [-0.2, -0.15) is 0 Å². The minimum Gasteiger partial charge on any atom is -0.409 e. The molecule has 1 saturated carbocycles. The van der Waals surface area contributed by atoms with E-state index in [4.69, 9.17) is 10.9 Å². The van der Waals surface area contributed by atoms with E-state index in [1.165, 1.54) is 18.6 Å². The minimum absolute atomic E-state index is 0.0702. The summed E-state index contributed by atoms with van der Waals surface area (Å²) >= 11 is 0. The van der Waals surface area contributed by atoms with E-state index in [1.54, 1.807) is 6.07 Å². The molecular formula is C14H20FN3O. The highest BCUT2D eigenvalue weighted by Crippen LogP contribution is 2.38. The SMILES string of the molecule is CC1CC1CN(C)Cc1cc(F)cc(/C(N)=N/O)c1. The van der Waals surface area contributed by atoms with Crippen LogP contribution in [0.2, 0.25) is 0 Å². The molecule has 1 fully saturated rings. The number of nitrogens with zero attached hydrogens (tertiary/aromatic N) is 2. The lowest BCUT2D eigenvalue weighted by Crippen LogP contribution is -2.21. The van der Waals surface area contributed by atoms with E-state index in [1.807, 2.05) is 7.05 Å². The monoisotopic (exact) mass is 265 g/mol. The molecule has 1 aliphatic carbocycles. The molecule has 4 nitrogen and oxygen atoms in total. The molecule has 0 aromatic heterocycles. The summed E-state index contributed by atoms with van der Waals surface area (Å²) in [6.07, 6.45) is 1.28. The van der Waals surface area contributed by atoms with Gasteiger partial charge in [0.2, 0.25) is 0 Å². The van der Waals surface area contributed by atoms with E-state index in [0.29, 0.717) is 12.1 Å². The standard InChI is InChI=1S/C14H20FN3O/c1-9-3-12(9)8-18(2)7-10-4-11(14(16)17-19)6-13(15)5-10/h4-6,9,12,19H,3,7-8H2,1-2H3,(H2,16,17). The normalized spacial score (nSPS) is 22.8. The van der Waals surface area contributed by atoms with E-state index in [-0.39, 0.29) is 11.7 Å². The first-order chi connectivity index (χ1) is 8.99. The van der Waals surface area contributed by atoms with Crippen molar-refractivity contribution in [3.8, 4) is 0 Å². The number of halogens is 1. The molecule has 0 radical (unpaired) electrons. The topological polar surface area (TPSA) is 61.8 Å². The number of amidine groups is 1. The van der Waals surface area contributed by atoms with E-state index in [9.17, 15) is 4.39 Å². The van der Waals surface area contributed by atoms with Crippen molar-refractivity contribution in [2.45, 2.75) is 19.9 Å². The lowest BCUT2D eigenvalue weighted by Gasteiger charge is -2.17. The predicted octanol–water partition coefficient (Wildman–Crippen LogP) is 2.01.